The van der Waals surface area contributed by atoms with E-state index < -0.39 is 54.6 Å². The Bertz CT molecular complexity index is 877. The molecule has 1 saturated heterocycles. The molecule has 5 unspecified atom stereocenters. The molecule has 0 bridgehead atoms. The maximum atomic E-state index is 11.9. The third-order valence-electron chi connectivity index (χ3n) is 4.14. The summed E-state index contributed by atoms with van der Waals surface area (Å²) in [5.74, 6) is -2.97. The highest BCUT2D eigenvalue weighted by molar-refractivity contribution is 7.12. The molecule has 11 nitrogen and oxygen atoms in total. The van der Waals surface area contributed by atoms with Gasteiger partial charge < -0.3 is 28.4 Å². The maximum Gasteiger partial charge on any atom is 0.303 e. The summed E-state index contributed by atoms with van der Waals surface area (Å²) in [6.07, 6.45) is -6.52. The first-order valence-electron chi connectivity index (χ1n) is 9.55. The van der Waals surface area contributed by atoms with Crippen molar-refractivity contribution in [1.82, 2.24) is 0 Å². The van der Waals surface area contributed by atoms with Crippen molar-refractivity contribution in [3.05, 3.63) is 16.3 Å². The lowest BCUT2D eigenvalue weighted by Crippen LogP contribution is -2.63. The van der Waals surface area contributed by atoms with Crippen LogP contribution in [0.15, 0.2) is 11.4 Å². The van der Waals surface area contributed by atoms with Crippen LogP contribution in [-0.4, -0.2) is 67.0 Å². The first kappa shape index (κ1) is 25.3. The molecule has 5 atom stereocenters. The van der Waals surface area contributed by atoms with E-state index in [1.807, 2.05) is 0 Å². The zero-order valence-corrected chi connectivity index (χ0v) is 19.0. The molecule has 0 aromatic carbocycles. The number of hydrogen-bond donors (Lipinski definition) is 0. The van der Waals surface area contributed by atoms with E-state index in [0.717, 1.165) is 32.1 Å². The summed E-state index contributed by atoms with van der Waals surface area (Å²) in [6, 6.07) is 1.52. The van der Waals surface area contributed by atoms with Crippen molar-refractivity contribution in [2.75, 3.05) is 6.61 Å². The van der Waals surface area contributed by atoms with Crippen LogP contribution in [0.2, 0.25) is 0 Å². The van der Waals surface area contributed by atoms with Crippen LogP contribution in [0.25, 0.3) is 0 Å². The molecule has 2 rings (SSSR count). The first-order valence-corrected chi connectivity index (χ1v) is 10.4. The van der Waals surface area contributed by atoms with Gasteiger partial charge in [-0.15, -0.1) is 11.3 Å². The highest BCUT2D eigenvalue weighted by Gasteiger charge is 2.53. The van der Waals surface area contributed by atoms with Crippen molar-refractivity contribution in [2.45, 2.75) is 65.3 Å². The van der Waals surface area contributed by atoms with Crippen LogP contribution in [-0.2, 0) is 42.9 Å². The molecule has 12 heteroatoms. The van der Waals surface area contributed by atoms with Gasteiger partial charge in [0.05, 0.1) is 0 Å². The first-order chi connectivity index (χ1) is 15.0. The second kappa shape index (κ2) is 11.0. The van der Waals surface area contributed by atoms with Gasteiger partial charge in [-0.25, -0.2) is 0 Å². The van der Waals surface area contributed by atoms with Crippen LogP contribution in [0.4, 0.5) is 0 Å². The van der Waals surface area contributed by atoms with E-state index >= 15 is 0 Å². The number of Topliss-reactive ketones (excluding diaryl/α,β-unsaturated/α-hetero) is 1. The van der Waals surface area contributed by atoms with Gasteiger partial charge in [0.15, 0.2) is 18.0 Å². The Kier molecular flexibility index (Phi) is 8.72. The van der Waals surface area contributed by atoms with Gasteiger partial charge >= 0.3 is 23.9 Å². The fourth-order valence-electron chi connectivity index (χ4n) is 3.06. The second-order valence-corrected chi connectivity index (χ2v) is 7.77. The molecule has 0 N–H and O–H groups in total. The maximum absolute atomic E-state index is 11.9. The average Bonchev–Trinajstić information content (AvgIpc) is 3.12. The van der Waals surface area contributed by atoms with Crippen molar-refractivity contribution in [3.8, 4) is 5.75 Å². The Balaban J connectivity index is 2.48. The van der Waals surface area contributed by atoms with E-state index in [9.17, 15) is 24.0 Å². The Morgan fingerprint density at radius 1 is 0.844 bits per heavy atom. The summed E-state index contributed by atoms with van der Waals surface area (Å²) in [5, 5.41) is 1.62. The van der Waals surface area contributed by atoms with Crippen molar-refractivity contribution in [3.63, 3.8) is 0 Å². The summed E-state index contributed by atoms with van der Waals surface area (Å²) < 4.78 is 32.6. The lowest BCUT2D eigenvalue weighted by molar-refractivity contribution is -0.288. The van der Waals surface area contributed by atoms with E-state index in [0.29, 0.717) is 0 Å². The number of esters is 4. The molecular formula is C20H24O11S. The van der Waals surface area contributed by atoms with Gasteiger partial charge in [-0.3, -0.25) is 24.0 Å². The smallest absolute Gasteiger partial charge is 0.303 e. The molecule has 1 aliphatic rings. The molecule has 0 radical (unpaired) electrons. The van der Waals surface area contributed by atoms with Crippen LogP contribution in [0.3, 0.4) is 0 Å². The fraction of sp³-hybridized carbons (Fsp3) is 0.550. The Hall–Kier alpha value is -2.99. The van der Waals surface area contributed by atoms with Gasteiger partial charge in [-0.1, -0.05) is 0 Å². The summed E-state index contributed by atoms with van der Waals surface area (Å²) in [5.41, 5.74) is 0. The molecule has 0 aliphatic carbocycles. The quantitative estimate of drug-likeness (QED) is 0.308. The molecule has 176 valence electrons. The van der Waals surface area contributed by atoms with E-state index in [1.54, 1.807) is 5.38 Å². The summed E-state index contributed by atoms with van der Waals surface area (Å²) >= 11 is 1.13. The van der Waals surface area contributed by atoms with Crippen LogP contribution < -0.4 is 4.74 Å². The highest BCUT2D eigenvalue weighted by atomic mass is 32.1. The van der Waals surface area contributed by atoms with Crippen molar-refractivity contribution >= 4 is 41.0 Å². The number of ketones is 1. The highest BCUT2D eigenvalue weighted by Crippen LogP contribution is 2.33. The minimum atomic E-state index is -1.39. The third-order valence-corrected chi connectivity index (χ3v) is 5.14. The lowest BCUT2D eigenvalue weighted by atomic mass is 9.98. The SMILES string of the molecule is CC(=O)OCC1OC(Oc2ccsc2C(C)=O)C(OC(C)=O)C(OC(C)=O)C1OC(C)=O. The van der Waals surface area contributed by atoms with Crippen LogP contribution >= 0.6 is 11.3 Å². The van der Waals surface area contributed by atoms with Crippen molar-refractivity contribution < 1.29 is 52.4 Å². The van der Waals surface area contributed by atoms with Gasteiger partial charge in [0.1, 0.15) is 23.3 Å². The number of carbonyl (C=O) groups is 5. The second-order valence-electron chi connectivity index (χ2n) is 6.86. The minimum absolute atomic E-state index is 0.156. The Morgan fingerprint density at radius 2 is 1.41 bits per heavy atom. The largest absolute Gasteiger partial charge is 0.463 e. The number of thiophene rings is 1. The summed E-state index contributed by atoms with van der Waals surface area (Å²) in [4.78, 5) is 58.8. The molecule has 1 aliphatic heterocycles. The predicted molar refractivity (Wildman–Crippen MR) is 107 cm³/mol. The summed E-state index contributed by atoms with van der Waals surface area (Å²) in [7, 11) is 0. The number of ether oxygens (including phenoxy) is 6. The molecular weight excluding hydrogens is 448 g/mol. The predicted octanol–water partition coefficient (Wildman–Crippen LogP) is 1.41. The van der Waals surface area contributed by atoms with Crippen molar-refractivity contribution in [2.24, 2.45) is 0 Å². The molecule has 1 aromatic rings. The standard InChI is InChI=1S/C20H24O11S/c1-9(21)19-14(6-7-32-19)30-20-18(29-13(5)25)17(28-12(4)24)16(27-11(3)23)15(31-20)8-26-10(2)22/h6-7,15-18,20H,8H2,1-5H3. The zero-order valence-electron chi connectivity index (χ0n) is 18.1. The molecule has 0 amide bonds. The monoisotopic (exact) mass is 472 g/mol. The van der Waals surface area contributed by atoms with E-state index in [-0.39, 0.29) is 23.0 Å². The molecule has 0 saturated carbocycles. The number of rotatable bonds is 8. The molecule has 1 fully saturated rings. The van der Waals surface area contributed by atoms with Gasteiger partial charge in [-0.05, 0) is 11.4 Å². The van der Waals surface area contributed by atoms with Gasteiger partial charge in [0, 0.05) is 34.6 Å². The van der Waals surface area contributed by atoms with Gasteiger partial charge in [0.25, 0.3) is 0 Å². The number of hydrogen-bond acceptors (Lipinski definition) is 12. The molecule has 32 heavy (non-hydrogen) atoms. The molecule has 1 aromatic heterocycles. The zero-order chi connectivity index (χ0) is 24.0. The lowest BCUT2D eigenvalue weighted by Gasteiger charge is -2.43. The van der Waals surface area contributed by atoms with Crippen LogP contribution in [0.5, 0.6) is 5.75 Å². The Morgan fingerprint density at radius 3 is 1.94 bits per heavy atom. The Labute approximate surface area is 187 Å². The summed E-state index contributed by atoms with van der Waals surface area (Å²) in [6.45, 7) is 5.52. The van der Waals surface area contributed by atoms with Crippen molar-refractivity contribution in [1.29, 1.82) is 0 Å². The van der Waals surface area contributed by atoms with E-state index in [2.05, 4.69) is 0 Å². The average molecular weight is 472 g/mol. The van der Waals surface area contributed by atoms with Gasteiger partial charge in [-0.2, -0.15) is 0 Å². The normalized spacial score (nSPS) is 24.7. The van der Waals surface area contributed by atoms with Crippen LogP contribution in [0, 0.1) is 0 Å². The van der Waals surface area contributed by atoms with E-state index in [1.165, 1.54) is 19.9 Å². The molecule has 0 spiro atoms. The minimum Gasteiger partial charge on any atom is -0.463 e. The fourth-order valence-corrected chi connectivity index (χ4v) is 3.78. The third kappa shape index (κ3) is 6.76. The van der Waals surface area contributed by atoms with E-state index in [4.69, 9.17) is 28.4 Å². The van der Waals surface area contributed by atoms with Crippen LogP contribution in [0.1, 0.15) is 44.3 Å². The van der Waals surface area contributed by atoms with Gasteiger partial charge in [0.2, 0.25) is 12.4 Å². The number of carbonyl (C=O) groups excluding carboxylic acids is 5. The molecule has 2 heterocycles. The topological polar surface area (TPSA) is 141 Å².